The number of urea groups is 1. The SMILES string of the molecule is O=C(Nc1ccc(NCC2CCCC2)cc1)Nc1ccc(N2CCOCC2)nc1. The molecular formula is C22H29N5O2. The van der Waals surface area contributed by atoms with E-state index in [9.17, 15) is 4.79 Å². The van der Waals surface area contributed by atoms with Gasteiger partial charge in [-0.2, -0.15) is 0 Å². The van der Waals surface area contributed by atoms with Crippen molar-refractivity contribution >= 4 is 28.9 Å². The number of benzene rings is 1. The van der Waals surface area contributed by atoms with Crippen LogP contribution in [0.25, 0.3) is 0 Å². The van der Waals surface area contributed by atoms with E-state index in [1.807, 2.05) is 36.4 Å². The maximum Gasteiger partial charge on any atom is 0.323 e. The number of carbonyl (C=O) groups is 1. The van der Waals surface area contributed by atoms with E-state index in [1.54, 1.807) is 6.20 Å². The molecule has 0 atom stereocenters. The summed E-state index contributed by atoms with van der Waals surface area (Å²) in [4.78, 5) is 18.9. The van der Waals surface area contributed by atoms with Gasteiger partial charge in [0.2, 0.25) is 0 Å². The third-order valence-corrected chi connectivity index (χ3v) is 5.55. The van der Waals surface area contributed by atoms with Crippen molar-refractivity contribution in [3.63, 3.8) is 0 Å². The quantitative estimate of drug-likeness (QED) is 0.684. The topological polar surface area (TPSA) is 78.5 Å². The molecule has 1 saturated carbocycles. The van der Waals surface area contributed by atoms with Gasteiger partial charge in [0.1, 0.15) is 5.82 Å². The highest BCUT2D eigenvalue weighted by molar-refractivity contribution is 5.99. The van der Waals surface area contributed by atoms with E-state index in [0.717, 1.165) is 56.0 Å². The largest absolute Gasteiger partial charge is 0.385 e. The minimum atomic E-state index is -0.280. The highest BCUT2D eigenvalue weighted by Gasteiger charge is 2.14. The van der Waals surface area contributed by atoms with Gasteiger partial charge in [0.25, 0.3) is 0 Å². The number of ether oxygens (including phenoxy) is 1. The van der Waals surface area contributed by atoms with E-state index < -0.39 is 0 Å². The van der Waals surface area contributed by atoms with Crippen molar-refractivity contribution < 1.29 is 9.53 Å². The summed E-state index contributed by atoms with van der Waals surface area (Å²) in [6.45, 7) is 4.15. The van der Waals surface area contributed by atoms with Gasteiger partial charge >= 0.3 is 6.03 Å². The summed E-state index contributed by atoms with van der Waals surface area (Å²) >= 11 is 0. The lowest BCUT2D eigenvalue weighted by molar-refractivity contribution is 0.122. The number of hydrogen-bond donors (Lipinski definition) is 3. The van der Waals surface area contributed by atoms with Crippen LogP contribution in [0.2, 0.25) is 0 Å². The van der Waals surface area contributed by atoms with Crippen LogP contribution in [0, 0.1) is 5.92 Å². The molecule has 154 valence electrons. The van der Waals surface area contributed by atoms with E-state index in [4.69, 9.17) is 4.74 Å². The molecule has 1 aliphatic heterocycles. The van der Waals surface area contributed by atoms with Crippen LogP contribution >= 0.6 is 0 Å². The zero-order chi connectivity index (χ0) is 19.9. The Bertz CT molecular complexity index is 782. The molecule has 29 heavy (non-hydrogen) atoms. The van der Waals surface area contributed by atoms with Gasteiger partial charge in [-0.15, -0.1) is 0 Å². The number of pyridine rings is 1. The molecule has 1 aliphatic carbocycles. The van der Waals surface area contributed by atoms with Crippen LogP contribution in [0.15, 0.2) is 42.6 Å². The molecule has 2 heterocycles. The molecule has 0 spiro atoms. The molecule has 2 aliphatic rings. The lowest BCUT2D eigenvalue weighted by atomic mass is 10.1. The minimum Gasteiger partial charge on any atom is -0.385 e. The van der Waals surface area contributed by atoms with Gasteiger partial charge in [0.15, 0.2) is 0 Å². The Morgan fingerprint density at radius 1 is 0.966 bits per heavy atom. The maximum absolute atomic E-state index is 12.3. The summed E-state index contributed by atoms with van der Waals surface area (Å²) in [5.41, 5.74) is 2.51. The average molecular weight is 396 g/mol. The lowest BCUT2D eigenvalue weighted by Gasteiger charge is -2.27. The number of aromatic nitrogens is 1. The van der Waals surface area contributed by atoms with E-state index in [2.05, 4.69) is 25.8 Å². The molecule has 1 aromatic carbocycles. The number of rotatable bonds is 6. The summed E-state index contributed by atoms with van der Waals surface area (Å²) < 4.78 is 5.36. The molecule has 2 fully saturated rings. The van der Waals surface area contributed by atoms with E-state index in [-0.39, 0.29) is 6.03 Å². The van der Waals surface area contributed by atoms with E-state index in [1.165, 1.54) is 25.7 Å². The monoisotopic (exact) mass is 395 g/mol. The second kappa shape index (κ2) is 9.60. The van der Waals surface area contributed by atoms with Crippen LogP contribution < -0.4 is 20.9 Å². The summed E-state index contributed by atoms with van der Waals surface area (Å²) in [7, 11) is 0. The Morgan fingerprint density at radius 3 is 2.31 bits per heavy atom. The Hall–Kier alpha value is -2.80. The molecule has 2 aromatic rings. The second-order valence-corrected chi connectivity index (χ2v) is 7.69. The molecule has 1 saturated heterocycles. The second-order valence-electron chi connectivity index (χ2n) is 7.69. The number of carbonyl (C=O) groups excluding carboxylic acids is 1. The summed E-state index contributed by atoms with van der Waals surface area (Å²) in [6, 6.07) is 11.3. The molecule has 0 unspecified atom stereocenters. The zero-order valence-corrected chi connectivity index (χ0v) is 16.7. The number of hydrogen-bond acceptors (Lipinski definition) is 5. The van der Waals surface area contributed by atoms with Gasteiger partial charge in [-0.3, -0.25) is 0 Å². The molecule has 3 N–H and O–H groups in total. The fourth-order valence-electron chi connectivity index (χ4n) is 3.88. The van der Waals surface area contributed by atoms with Crippen molar-refractivity contribution in [3.05, 3.63) is 42.6 Å². The van der Waals surface area contributed by atoms with Crippen LogP contribution in [-0.4, -0.2) is 43.9 Å². The Kier molecular flexibility index (Phi) is 6.46. The molecule has 7 nitrogen and oxygen atoms in total. The van der Waals surface area contributed by atoms with Crippen molar-refractivity contribution in [2.45, 2.75) is 25.7 Å². The first kappa shape index (κ1) is 19.5. The van der Waals surface area contributed by atoms with Gasteiger partial charge in [0.05, 0.1) is 25.1 Å². The molecular weight excluding hydrogens is 366 g/mol. The van der Waals surface area contributed by atoms with Gasteiger partial charge in [-0.1, -0.05) is 12.8 Å². The molecule has 4 rings (SSSR count). The van der Waals surface area contributed by atoms with Crippen LogP contribution in [0.4, 0.5) is 27.7 Å². The average Bonchev–Trinajstić information content (AvgIpc) is 3.28. The van der Waals surface area contributed by atoms with Crippen molar-refractivity contribution in [2.75, 3.05) is 53.7 Å². The van der Waals surface area contributed by atoms with Gasteiger partial charge in [-0.25, -0.2) is 9.78 Å². The smallest absolute Gasteiger partial charge is 0.323 e. The highest BCUT2D eigenvalue weighted by Crippen LogP contribution is 2.25. The van der Waals surface area contributed by atoms with Gasteiger partial charge < -0.3 is 25.6 Å². The lowest BCUT2D eigenvalue weighted by Crippen LogP contribution is -2.36. The van der Waals surface area contributed by atoms with Crippen LogP contribution in [-0.2, 0) is 4.74 Å². The maximum atomic E-state index is 12.3. The summed E-state index contributed by atoms with van der Waals surface area (Å²) in [5, 5.41) is 9.18. The summed E-state index contributed by atoms with van der Waals surface area (Å²) in [6.07, 6.45) is 7.05. The first-order valence-electron chi connectivity index (χ1n) is 10.5. The minimum absolute atomic E-state index is 0.280. The van der Waals surface area contributed by atoms with Crippen molar-refractivity contribution in [3.8, 4) is 0 Å². The number of morpholine rings is 1. The van der Waals surface area contributed by atoms with E-state index >= 15 is 0 Å². The predicted molar refractivity (Wildman–Crippen MR) is 117 cm³/mol. The highest BCUT2D eigenvalue weighted by atomic mass is 16.5. The Balaban J connectivity index is 1.24. The van der Waals surface area contributed by atoms with Crippen LogP contribution in [0.3, 0.4) is 0 Å². The zero-order valence-electron chi connectivity index (χ0n) is 16.7. The van der Waals surface area contributed by atoms with Crippen molar-refractivity contribution in [1.29, 1.82) is 0 Å². The molecule has 0 radical (unpaired) electrons. The fraction of sp³-hybridized carbons (Fsp3) is 0.455. The van der Waals surface area contributed by atoms with Crippen LogP contribution in [0.5, 0.6) is 0 Å². The standard InChI is InChI=1S/C22H29N5O2/c28-22(26-20-9-10-21(24-16-20)27-11-13-29-14-12-27)25-19-7-5-18(6-8-19)23-15-17-3-1-2-4-17/h5-10,16-17,23H,1-4,11-15H2,(H2,25,26,28). The third-order valence-electron chi connectivity index (χ3n) is 5.55. The number of anilines is 4. The van der Waals surface area contributed by atoms with Gasteiger partial charge in [0, 0.05) is 31.0 Å². The van der Waals surface area contributed by atoms with Crippen LogP contribution in [0.1, 0.15) is 25.7 Å². The van der Waals surface area contributed by atoms with E-state index in [0.29, 0.717) is 5.69 Å². The Morgan fingerprint density at radius 2 is 1.62 bits per heavy atom. The molecule has 2 amide bonds. The first-order chi connectivity index (χ1) is 14.3. The summed E-state index contributed by atoms with van der Waals surface area (Å²) in [5.74, 6) is 1.70. The number of amides is 2. The molecule has 0 bridgehead atoms. The van der Waals surface area contributed by atoms with Crippen molar-refractivity contribution in [2.24, 2.45) is 5.92 Å². The third kappa shape index (κ3) is 5.60. The normalized spacial score (nSPS) is 17.2. The molecule has 1 aromatic heterocycles. The first-order valence-corrected chi connectivity index (χ1v) is 10.5. The Labute approximate surface area is 171 Å². The van der Waals surface area contributed by atoms with Crippen molar-refractivity contribution in [1.82, 2.24) is 4.98 Å². The number of nitrogens with zero attached hydrogens (tertiary/aromatic N) is 2. The fourth-order valence-corrected chi connectivity index (χ4v) is 3.88. The predicted octanol–water partition coefficient (Wildman–Crippen LogP) is 4.16. The molecule has 7 heteroatoms. The number of nitrogens with one attached hydrogen (secondary N) is 3. The van der Waals surface area contributed by atoms with Gasteiger partial charge in [-0.05, 0) is 55.2 Å².